The Morgan fingerprint density at radius 2 is 1.35 bits per heavy atom. The third kappa shape index (κ3) is 1.51. The van der Waals surface area contributed by atoms with Gasteiger partial charge in [-0.25, -0.2) is 0 Å². The molecule has 0 aromatic heterocycles. The minimum atomic E-state index is 0.218. The van der Waals surface area contributed by atoms with Crippen LogP contribution in [0.1, 0.15) is 45.4 Å². The zero-order chi connectivity index (χ0) is 12.0. The van der Waals surface area contributed by atoms with Crippen LogP contribution in [0.5, 0.6) is 0 Å². The van der Waals surface area contributed by atoms with E-state index in [-0.39, 0.29) is 5.41 Å². The molecule has 4 bridgehead atoms. The van der Waals surface area contributed by atoms with E-state index in [1.54, 1.807) is 0 Å². The van der Waals surface area contributed by atoms with Crippen molar-refractivity contribution < 1.29 is 0 Å². The summed E-state index contributed by atoms with van der Waals surface area (Å²) in [5.74, 6) is 2.61. The lowest BCUT2D eigenvalue weighted by Gasteiger charge is -2.57. The predicted octanol–water partition coefficient (Wildman–Crippen LogP) is 3.57. The minimum Gasteiger partial charge on any atom is -0.192 e. The average Bonchev–Trinajstić information content (AvgIpc) is 2.28. The van der Waals surface area contributed by atoms with Crippen molar-refractivity contribution in [2.45, 2.75) is 45.4 Å². The van der Waals surface area contributed by atoms with Crippen LogP contribution >= 0.6 is 0 Å². The smallest absolute Gasteiger partial charge is 0.129 e. The van der Waals surface area contributed by atoms with Gasteiger partial charge in [0.05, 0.1) is 0 Å². The van der Waals surface area contributed by atoms with Crippen molar-refractivity contribution in [2.24, 2.45) is 23.2 Å². The lowest BCUT2D eigenvalue weighted by molar-refractivity contribution is -0.0306. The van der Waals surface area contributed by atoms with E-state index in [9.17, 15) is 0 Å². The summed E-state index contributed by atoms with van der Waals surface area (Å²) >= 11 is 0. The van der Waals surface area contributed by atoms with Crippen LogP contribution in [0.15, 0.2) is 11.1 Å². The quantitative estimate of drug-likeness (QED) is 0.642. The number of allylic oxidation sites excluding steroid dienone is 2. The molecule has 4 saturated carbocycles. The summed E-state index contributed by atoms with van der Waals surface area (Å²) < 4.78 is 0. The average molecular weight is 226 g/mol. The highest BCUT2D eigenvalue weighted by molar-refractivity contribution is 5.42. The predicted molar refractivity (Wildman–Crippen MR) is 64.5 cm³/mol. The fourth-order valence-electron chi connectivity index (χ4n) is 5.03. The lowest BCUT2D eigenvalue weighted by Crippen LogP contribution is -2.46. The number of nitriles is 2. The molecule has 4 fully saturated rings. The van der Waals surface area contributed by atoms with Gasteiger partial charge in [0.1, 0.15) is 17.7 Å². The summed E-state index contributed by atoms with van der Waals surface area (Å²) in [4.78, 5) is 0. The standard InChI is InChI=1S/C15H18N2/c1-10(14(8-16)9-17)15-5-11-2-12(6-15)4-13(3-11)7-15/h11-13H,2-7H2,1H3. The van der Waals surface area contributed by atoms with Crippen molar-refractivity contribution in [2.75, 3.05) is 0 Å². The molecule has 17 heavy (non-hydrogen) atoms. The molecule has 88 valence electrons. The molecule has 4 aliphatic rings. The van der Waals surface area contributed by atoms with E-state index < -0.39 is 0 Å². The van der Waals surface area contributed by atoms with Crippen LogP contribution in [0.3, 0.4) is 0 Å². The molecule has 0 aliphatic heterocycles. The maximum atomic E-state index is 9.07. The van der Waals surface area contributed by atoms with Gasteiger partial charge in [-0.1, -0.05) is 0 Å². The zero-order valence-corrected chi connectivity index (χ0v) is 10.4. The van der Waals surface area contributed by atoms with Crippen molar-refractivity contribution in [3.05, 3.63) is 11.1 Å². The molecule has 0 aromatic carbocycles. The third-order valence-electron chi connectivity index (χ3n) is 5.43. The third-order valence-corrected chi connectivity index (χ3v) is 5.43. The highest BCUT2D eigenvalue weighted by Crippen LogP contribution is 2.62. The van der Waals surface area contributed by atoms with Gasteiger partial charge in [0.15, 0.2) is 0 Å². The van der Waals surface area contributed by atoms with Crippen LogP contribution in [0.4, 0.5) is 0 Å². The summed E-state index contributed by atoms with van der Waals surface area (Å²) in [6.45, 7) is 2.04. The van der Waals surface area contributed by atoms with Crippen LogP contribution in [0, 0.1) is 45.8 Å². The van der Waals surface area contributed by atoms with Gasteiger partial charge in [0.2, 0.25) is 0 Å². The van der Waals surface area contributed by atoms with Crippen molar-refractivity contribution >= 4 is 0 Å². The van der Waals surface area contributed by atoms with Gasteiger partial charge < -0.3 is 0 Å². The second-order valence-electron chi connectivity index (χ2n) is 6.42. The first-order chi connectivity index (χ1) is 8.16. The molecule has 0 spiro atoms. The van der Waals surface area contributed by atoms with E-state index >= 15 is 0 Å². The first-order valence-corrected chi connectivity index (χ1v) is 6.68. The Morgan fingerprint density at radius 3 is 1.71 bits per heavy atom. The topological polar surface area (TPSA) is 47.6 Å². The van der Waals surface area contributed by atoms with Gasteiger partial charge in [0, 0.05) is 0 Å². The van der Waals surface area contributed by atoms with E-state index in [4.69, 9.17) is 10.5 Å². The summed E-state index contributed by atoms with van der Waals surface area (Å²) in [6.07, 6.45) is 7.91. The van der Waals surface area contributed by atoms with Gasteiger partial charge >= 0.3 is 0 Å². The van der Waals surface area contributed by atoms with E-state index in [2.05, 4.69) is 12.1 Å². The number of rotatable bonds is 1. The minimum absolute atomic E-state index is 0.218. The maximum absolute atomic E-state index is 9.07. The van der Waals surface area contributed by atoms with Crippen LogP contribution in [-0.2, 0) is 0 Å². The Bertz CT molecular complexity index is 407. The van der Waals surface area contributed by atoms with Crippen molar-refractivity contribution in [1.29, 1.82) is 10.5 Å². The van der Waals surface area contributed by atoms with E-state index in [1.807, 2.05) is 6.92 Å². The first-order valence-electron chi connectivity index (χ1n) is 6.68. The molecule has 0 aromatic rings. The normalized spacial score (nSPS) is 41.7. The van der Waals surface area contributed by atoms with Gasteiger partial charge in [-0.15, -0.1) is 0 Å². The van der Waals surface area contributed by atoms with Crippen molar-refractivity contribution in [3.8, 4) is 12.1 Å². The molecule has 0 N–H and O–H groups in total. The monoisotopic (exact) mass is 226 g/mol. The van der Waals surface area contributed by atoms with Gasteiger partial charge in [-0.2, -0.15) is 10.5 Å². The summed E-state index contributed by atoms with van der Waals surface area (Å²) in [5.41, 5.74) is 1.70. The molecular weight excluding hydrogens is 208 g/mol. The fourth-order valence-corrected chi connectivity index (χ4v) is 5.03. The Kier molecular flexibility index (Phi) is 2.30. The summed E-state index contributed by atoms with van der Waals surface area (Å²) in [5, 5.41) is 18.1. The molecule has 4 aliphatic carbocycles. The highest BCUT2D eigenvalue weighted by Gasteiger charge is 2.52. The Morgan fingerprint density at radius 1 is 0.941 bits per heavy atom. The van der Waals surface area contributed by atoms with Crippen molar-refractivity contribution in [3.63, 3.8) is 0 Å². The molecule has 0 atom stereocenters. The van der Waals surface area contributed by atoms with Gasteiger partial charge in [0.25, 0.3) is 0 Å². The molecular formula is C15H18N2. The highest BCUT2D eigenvalue weighted by atomic mass is 14.6. The van der Waals surface area contributed by atoms with Crippen molar-refractivity contribution in [1.82, 2.24) is 0 Å². The summed E-state index contributed by atoms with van der Waals surface area (Å²) in [6, 6.07) is 4.19. The first kappa shape index (κ1) is 10.8. The molecule has 0 amide bonds. The van der Waals surface area contributed by atoms with Gasteiger partial charge in [-0.3, -0.25) is 0 Å². The van der Waals surface area contributed by atoms with E-state index in [1.165, 1.54) is 38.5 Å². The Balaban J connectivity index is 2.01. The molecule has 0 heterocycles. The SMILES string of the molecule is CC(=C(C#N)C#N)C12CC3CC(CC(C3)C1)C2. The molecule has 0 saturated heterocycles. The van der Waals surface area contributed by atoms with Crippen LogP contribution in [0.2, 0.25) is 0 Å². The molecule has 0 radical (unpaired) electrons. The largest absolute Gasteiger partial charge is 0.192 e. The van der Waals surface area contributed by atoms with Crippen LogP contribution < -0.4 is 0 Å². The molecule has 2 nitrogen and oxygen atoms in total. The molecule has 2 heteroatoms. The Labute approximate surface area is 103 Å². The van der Waals surface area contributed by atoms with Crippen LogP contribution in [0.25, 0.3) is 0 Å². The second-order valence-corrected chi connectivity index (χ2v) is 6.42. The maximum Gasteiger partial charge on any atom is 0.129 e. The lowest BCUT2D eigenvalue weighted by atomic mass is 9.47. The zero-order valence-electron chi connectivity index (χ0n) is 10.4. The van der Waals surface area contributed by atoms with Crippen LogP contribution in [-0.4, -0.2) is 0 Å². The second kappa shape index (κ2) is 3.61. The van der Waals surface area contributed by atoms with E-state index in [0.717, 1.165) is 23.3 Å². The fraction of sp³-hybridized carbons (Fsp3) is 0.733. The Hall–Kier alpha value is -1.28. The number of nitrogens with zero attached hydrogens (tertiary/aromatic N) is 2. The number of hydrogen-bond acceptors (Lipinski definition) is 2. The number of hydrogen-bond donors (Lipinski definition) is 0. The van der Waals surface area contributed by atoms with Gasteiger partial charge in [-0.05, 0) is 74.2 Å². The summed E-state index contributed by atoms with van der Waals surface area (Å²) in [7, 11) is 0. The van der Waals surface area contributed by atoms with E-state index in [0.29, 0.717) is 5.57 Å². The molecule has 4 rings (SSSR count). The molecule has 0 unspecified atom stereocenters.